The largest absolute Gasteiger partial charge is 0.357 e. The molecule has 2 aromatic heterocycles. The molecule has 0 spiro atoms. The van der Waals surface area contributed by atoms with Crippen LogP contribution in [0.3, 0.4) is 0 Å². The Hall–Kier alpha value is -2.93. The maximum Gasteiger partial charge on any atom is 0.209 e. The van der Waals surface area contributed by atoms with E-state index in [1.165, 1.54) is 0 Å². The Morgan fingerprint density at radius 2 is 1.59 bits per heavy atom. The molecule has 34 heavy (non-hydrogen) atoms. The van der Waals surface area contributed by atoms with Gasteiger partial charge in [-0.1, -0.05) is 27.7 Å². The van der Waals surface area contributed by atoms with E-state index in [-0.39, 0.29) is 5.78 Å². The van der Waals surface area contributed by atoms with Crippen molar-refractivity contribution in [3.63, 3.8) is 0 Å². The zero-order valence-electron chi connectivity index (χ0n) is 21.5. The number of fused-ring (bicyclic) bond motifs is 1. The average Bonchev–Trinajstić information content (AvgIpc) is 3.18. The number of hydrogen-bond donors (Lipinski definition) is 1. The van der Waals surface area contributed by atoms with Crippen molar-refractivity contribution in [2.75, 3.05) is 42.9 Å². The fraction of sp³-hybridized carbons (Fsp3) is 0.519. The Labute approximate surface area is 204 Å². The second-order valence-electron chi connectivity index (χ2n) is 8.73. The van der Waals surface area contributed by atoms with E-state index in [0.29, 0.717) is 5.56 Å². The highest BCUT2D eigenvalue weighted by Crippen LogP contribution is 2.25. The van der Waals surface area contributed by atoms with Crippen LogP contribution in [-0.2, 0) is 6.54 Å². The molecule has 0 amide bonds. The summed E-state index contributed by atoms with van der Waals surface area (Å²) >= 11 is 0. The van der Waals surface area contributed by atoms with Crippen LogP contribution in [0.5, 0.6) is 0 Å². The first-order chi connectivity index (χ1) is 16.5. The molecule has 0 fully saturated rings. The summed E-state index contributed by atoms with van der Waals surface area (Å²) < 4.78 is 2.21. The second kappa shape index (κ2) is 12.5. The van der Waals surface area contributed by atoms with Crippen molar-refractivity contribution < 1.29 is 4.79 Å². The molecule has 0 radical (unpaired) electrons. The Kier molecular flexibility index (Phi) is 9.45. The molecule has 7 nitrogen and oxygen atoms in total. The van der Waals surface area contributed by atoms with E-state index in [0.717, 1.165) is 87.1 Å². The number of benzene rings is 1. The van der Waals surface area contributed by atoms with Gasteiger partial charge in [-0.25, -0.2) is 9.97 Å². The number of hydrogen-bond acceptors (Lipinski definition) is 6. The minimum Gasteiger partial charge on any atom is -0.357 e. The predicted molar refractivity (Wildman–Crippen MR) is 142 cm³/mol. The van der Waals surface area contributed by atoms with Gasteiger partial charge in [0.05, 0.1) is 0 Å². The molecule has 3 rings (SSSR count). The third-order valence-electron chi connectivity index (χ3n) is 6.19. The number of anilines is 3. The minimum atomic E-state index is 0.0654. The Balaban J connectivity index is 1.95. The number of pyridine rings is 1. The fourth-order valence-electron chi connectivity index (χ4n) is 4.27. The van der Waals surface area contributed by atoms with E-state index >= 15 is 0 Å². The van der Waals surface area contributed by atoms with Crippen molar-refractivity contribution in [3.05, 3.63) is 42.0 Å². The van der Waals surface area contributed by atoms with Gasteiger partial charge in [0.15, 0.2) is 11.4 Å². The first kappa shape index (κ1) is 25.7. The molecular formula is C27H40N6O. The molecule has 0 unspecified atom stereocenters. The molecule has 0 saturated carbocycles. The Bertz CT molecular complexity index is 1050. The van der Waals surface area contributed by atoms with Gasteiger partial charge in [0.1, 0.15) is 11.3 Å². The maximum absolute atomic E-state index is 11.6. The third kappa shape index (κ3) is 6.35. The van der Waals surface area contributed by atoms with E-state index < -0.39 is 0 Å². The SMILES string of the molecule is CCCN(CCC)c1ccc2nc(Nc3ccc(C(C)=O)cc3)n(CCCN(CC)CC)c2n1. The highest BCUT2D eigenvalue weighted by molar-refractivity contribution is 5.94. The number of rotatable bonds is 14. The summed E-state index contributed by atoms with van der Waals surface area (Å²) in [6.07, 6.45) is 3.20. The van der Waals surface area contributed by atoms with Crippen LogP contribution in [0.25, 0.3) is 11.2 Å². The van der Waals surface area contributed by atoms with Crippen molar-refractivity contribution in [3.8, 4) is 0 Å². The molecule has 0 bridgehead atoms. The summed E-state index contributed by atoms with van der Waals surface area (Å²) in [6.45, 7) is 16.4. The molecule has 0 saturated heterocycles. The fourth-order valence-corrected chi connectivity index (χ4v) is 4.27. The number of carbonyl (C=O) groups is 1. The quantitative estimate of drug-likeness (QED) is 0.307. The van der Waals surface area contributed by atoms with Gasteiger partial charge in [0.2, 0.25) is 5.95 Å². The van der Waals surface area contributed by atoms with Crippen LogP contribution in [0.2, 0.25) is 0 Å². The van der Waals surface area contributed by atoms with Crippen LogP contribution >= 0.6 is 0 Å². The lowest BCUT2D eigenvalue weighted by Gasteiger charge is -2.22. The molecule has 0 atom stereocenters. The minimum absolute atomic E-state index is 0.0654. The van der Waals surface area contributed by atoms with Gasteiger partial charge >= 0.3 is 0 Å². The molecule has 1 N–H and O–H groups in total. The van der Waals surface area contributed by atoms with Crippen molar-refractivity contribution in [1.29, 1.82) is 0 Å². The second-order valence-corrected chi connectivity index (χ2v) is 8.73. The number of aromatic nitrogens is 3. The van der Waals surface area contributed by atoms with Crippen LogP contribution < -0.4 is 10.2 Å². The molecule has 0 aliphatic carbocycles. The standard InChI is InChI=1S/C27H40N6O/c1-6-17-32(18-7-2)25-16-15-24-26(30-25)33(20-10-19-31(8-3)9-4)27(29-24)28-23-13-11-22(12-14-23)21(5)34/h11-16H,6-10,17-20H2,1-5H3,(H,28,29). The van der Waals surface area contributed by atoms with Crippen LogP contribution in [0.1, 0.15) is 64.2 Å². The van der Waals surface area contributed by atoms with Gasteiger partial charge in [-0.15, -0.1) is 0 Å². The van der Waals surface area contributed by atoms with Crippen molar-refractivity contribution in [2.24, 2.45) is 0 Å². The van der Waals surface area contributed by atoms with Crippen LogP contribution in [-0.4, -0.2) is 57.9 Å². The smallest absolute Gasteiger partial charge is 0.209 e. The highest BCUT2D eigenvalue weighted by atomic mass is 16.1. The number of imidazole rings is 1. The zero-order valence-corrected chi connectivity index (χ0v) is 21.5. The lowest BCUT2D eigenvalue weighted by atomic mass is 10.1. The molecule has 7 heteroatoms. The van der Waals surface area contributed by atoms with Crippen molar-refractivity contribution in [2.45, 2.75) is 60.4 Å². The van der Waals surface area contributed by atoms with Crippen LogP contribution in [0, 0.1) is 0 Å². The van der Waals surface area contributed by atoms with E-state index in [1.54, 1.807) is 6.92 Å². The molecule has 2 heterocycles. The van der Waals surface area contributed by atoms with Gasteiger partial charge in [-0.05, 0) is 82.2 Å². The summed E-state index contributed by atoms with van der Waals surface area (Å²) in [6, 6.07) is 11.7. The van der Waals surface area contributed by atoms with Crippen LogP contribution in [0.4, 0.5) is 17.5 Å². The Morgan fingerprint density at radius 3 is 2.18 bits per heavy atom. The van der Waals surface area contributed by atoms with Gasteiger partial charge in [-0.2, -0.15) is 0 Å². The molecule has 0 aliphatic heterocycles. The predicted octanol–water partition coefficient (Wildman–Crippen LogP) is 5.74. The van der Waals surface area contributed by atoms with Gasteiger partial charge < -0.3 is 15.1 Å². The number of nitrogens with zero attached hydrogens (tertiary/aromatic N) is 5. The first-order valence-electron chi connectivity index (χ1n) is 12.7. The third-order valence-corrected chi connectivity index (χ3v) is 6.19. The first-order valence-corrected chi connectivity index (χ1v) is 12.7. The number of Topliss-reactive ketones (excluding diaryl/α,β-unsaturated/α-hetero) is 1. The topological polar surface area (TPSA) is 66.3 Å². The zero-order chi connectivity index (χ0) is 24.5. The molecule has 1 aromatic carbocycles. The van der Waals surface area contributed by atoms with Gasteiger partial charge in [-0.3, -0.25) is 9.36 Å². The molecular weight excluding hydrogens is 424 g/mol. The van der Waals surface area contributed by atoms with Crippen LogP contribution in [0.15, 0.2) is 36.4 Å². The summed E-state index contributed by atoms with van der Waals surface area (Å²) in [7, 11) is 0. The monoisotopic (exact) mass is 464 g/mol. The van der Waals surface area contributed by atoms with E-state index in [9.17, 15) is 4.79 Å². The lowest BCUT2D eigenvalue weighted by molar-refractivity contribution is 0.101. The molecule has 184 valence electrons. The van der Waals surface area contributed by atoms with Gasteiger partial charge in [0, 0.05) is 30.9 Å². The van der Waals surface area contributed by atoms with E-state index in [2.05, 4.69) is 59.5 Å². The van der Waals surface area contributed by atoms with Gasteiger partial charge in [0.25, 0.3) is 0 Å². The van der Waals surface area contributed by atoms with E-state index in [4.69, 9.17) is 9.97 Å². The number of ketones is 1. The van der Waals surface area contributed by atoms with Crippen molar-refractivity contribution >= 4 is 34.4 Å². The molecule has 0 aliphatic rings. The van der Waals surface area contributed by atoms with E-state index in [1.807, 2.05) is 24.3 Å². The number of carbonyl (C=O) groups excluding carboxylic acids is 1. The summed E-state index contributed by atoms with van der Waals surface area (Å²) in [5, 5.41) is 3.47. The highest BCUT2D eigenvalue weighted by Gasteiger charge is 2.16. The summed E-state index contributed by atoms with van der Waals surface area (Å²) in [5.41, 5.74) is 3.42. The lowest BCUT2D eigenvalue weighted by Crippen LogP contribution is -2.26. The number of aryl methyl sites for hydroxylation is 1. The Morgan fingerprint density at radius 1 is 0.912 bits per heavy atom. The maximum atomic E-state index is 11.6. The normalized spacial score (nSPS) is 11.4. The number of nitrogens with one attached hydrogen (secondary N) is 1. The average molecular weight is 465 g/mol. The summed E-state index contributed by atoms with van der Waals surface area (Å²) in [4.78, 5) is 26.4. The summed E-state index contributed by atoms with van der Waals surface area (Å²) in [5.74, 6) is 1.86. The molecule has 3 aromatic rings. The van der Waals surface area contributed by atoms with Crippen molar-refractivity contribution in [1.82, 2.24) is 19.4 Å².